The Hall–Kier alpha value is -2.63. The van der Waals surface area contributed by atoms with Crippen LogP contribution >= 0.6 is 0 Å². The predicted molar refractivity (Wildman–Crippen MR) is 82.4 cm³/mol. The highest BCUT2D eigenvalue weighted by molar-refractivity contribution is 6.05. The van der Waals surface area contributed by atoms with Crippen molar-refractivity contribution in [3.63, 3.8) is 0 Å². The number of anilines is 1. The smallest absolute Gasteiger partial charge is 0.278 e. The Morgan fingerprint density at radius 1 is 1.36 bits per heavy atom. The number of ether oxygens (including phenoxy) is 1. The molecule has 22 heavy (non-hydrogen) atoms. The van der Waals surface area contributed by atoms with Crippen molar-refractivity contribution in [3.05, 3.63) is 51.9 Å². The molecular formula is C16H17N3O3. The average Bonchev–Trinajstić information content (AvgIpc) is 2.53. The fraction of sp³-hybridized carbons (Fsp3) is 0.312. The van der Waals surface area contributed by atoms with E-state index in [4.69, 9.17) is 4.74 Å². The maximum absolute atomic E-state index is 12.7. The number of hydrogen-bond acceptors (Lipinski definition) is 4. The molecule has 1 aromatic heterocycles. The molecule has 6 nitrogen and oxygen atoms in total. The topological polar surface area (TPSA) is 75.3 Å². The van der Waals surface area contributed by atoms with E-state index < -0.39 is 0 Å². The van der Waals surface area contributed by atoms with Crippen LogP contribution in [0.15, 0.2) is 35.1 Å². The number of nitrogens with one attached hydrogen (secondary N) is 1. The van der Waals surface area contributed by atoms with Gasteiger partial charge in [0.25, 0.3) is 11.5 Å². The van der Waals surface area contributed by atoms with Crippen LogP contribution in [0, 0.1) is 5.92 Å². The molecule has 1 N–H and O–H groups in total. The molecule has 0 aliphatic carbocycles. The van der Waals surface area contributed by atoms with Crippen LogP contribution in [0.3, 0.4) is 0 Å². The van der Waals surface area contributed by atoms with E-state index in [0.29, 0.717) is 12.5 Å². The highest BCUT2D eigenvalue weighted by Crippen LogP contribution is 2.33. The van der Waals surface area contributed by atoms with Gasteiger partial charge in [-0.2, -0.15) is 5.10 Å². The number of rotatable bonds is 2. The number of aromatic nitrogens is 2. The van der Waals surface area contributed by atoms with Gasteiger partial charge < -0.3 is 9.64 Å². The number of aromatic amines is 1. The van der Waals surface area contributed by atoms with Crippen molar-refractivity contribution in [1.29, 1.82) is 0 Å². The van der Waals surface area contributed by atoms with Crippen molar-refractivity contribution in [3.8, 4) is 5.75 Å². The van der Waals surface area contributed by atoms with Gasteiger partial charge in [0, 0.05) is 18.3 Å². The van der Waals surface area contributed by atoms with Gasteiger partial charge >= 0.3 is 0 Å². The first-order valence-electron chi connectivity index (χ1n) is 7.13. The van der Waals surface area contributed by atoms with Gasteiger partial charge in [-0.3, -0.25) is 9.59 Å². The first-order valence-corrected chi connectivity index (χ1v) is 7.13. The van der Waals surface area contributed by atoms with Crippen molar-refractivity contribution in [1.82, 2.24) is 10.2 Å². The Balaban J connectivity index is 1.99. The minimum atomic E-state index is -0.325. The van der Waals surface area contributed by atoms with Gasteiger partial charge in [-0.05, 0) is 42.2 Å². The van der Waals surface area contributed by atoms with Gasteiger partial charge in [0.05, 0.1) is 7.11 Å². The number of benzene rings is 1. The van der Waals surface area contributed by atoms with E-state index in [9.17, 15) is 9.59 Å². The number of H-pyrrole nitrogens is 1. The van der Waals surface area contributed by atoms with Crippen LogP contribution in [0.5, 0.6) is 5.75 Å². The second kappa shape index (κ2) is 5.63. The largest absolute Gasteiger partial charge is 0.497 e. The molecule has 1 unspecified atom stereocenters. The number of amides is 1. The Morgan fingerprint density at radius 2 is 2.18 bits per heavy atom. The van der Waals surface area contributed by atoms with Crippen LogP contribution < -0.4 is 15.2 Å². The molecule has 0 spiro atoms. The summed E-state index contributed by atoms with van der Waals surface area (Å²) in [6, 6.07) is 8.46. The molecule has 1 aromatic carbocycles. The Morgan fingerprint density at radius 3 is 2.86 bits per heavy atom. The average molecular weight is 299 g/mol. The normalized spacial score (nSPS) is 17.0. The zero-order valence-corrected chi connectivity index (χ0v) is 12.5. The molecule has 114 valence electrons. The van der Waals surface area contributed by atoms with E-state index in [0.717, 1.165) is 23.4 Å². The van der Waals surface area contributed by atoms with Gasteiger partial charge in [-0.25, -0.2) is 5.10 Å². The van der Waals surface area contributed by atoms with Crippen LogP contribution in [0.1, 0.15) is 23.0 Å². The van der Waals surface area contributed by atoms with Crippen molar-refractivity contribution >= 4 is 11.6 Å². The van der Waals surface area contributed by atoms with E-state index in [1.807, 2.05) is 18.2 Å². The van der Waals surface area contributed by atoms with Gasteiger partial charge in [0.15, 0.2) is 0 Å². The third kappa shape index (κ3) is 2.59. The van der Waals surface area contributed by atoms with Crippen molar-refractivity contribution < 1.29 is 9.53 Å². The molecule has 6 heteroatoms. The lowest BCUT2D eigenvalue weighted by molar-refractivity contribution is 0.0975. The third-order valence-corrected chi connectivity index (χ3v) is 3.78. The molecule has 1 aliphatic rings. The summed E-state index contributed by atoms with van der Waals surface area (Å²) in [5.41, 5.74) is 1.86. The number of nitrogens with zero attached hydrogens (tertiary/aromatic N) is 2. The van der Waals surface area contributed by atoms with Crippen molar-refractivity contribution in [2.75, 3.05) is 18.6 Å². The first kappa shape index (κ1) is 14.3. The summed E-state index contributed by atoms with van der Waals surface area (Å²) in [5.74, 6) is 0.906. The second-order valence-electron chi connectivity index (χ2n) is 5.53. The lowest BCUT2D eigenvalue weighted by Crippen LogP contribution is -2.39. The number of methoxy groups -OCH3 is 1. The highest BCUT2D eigenvalue weighted by Gasteiger charge is 2.28. The zero-order chi connectivity index (χ0) is 15.7. The number of fused-ring (bicyclic) bond motifs is 1. The Kier molecular flexibility index (Phi) is 3.66. The fourth-order valence-electron chi connectivity index (χ4n) is 2.76. The van der Waals surface area contributed by atoms with Crippen LogP contribution in [-0.4, -0.2) is 29.8 Å². The Labute approximate surface area is 127 Å². The fourth-order valence-corrected chi connectivity index (χ4v) is 2.76. The maximum atomic E-state index is 12.7. The molecule has 0 bridgehead atoms. The SMILES string of the molecule is COc1ccc2c(c1)CC(C)CN2C(=O)c1ccc(=O)[nH]n1. The maximum Gasteiger partial charge on any atom is 0.278 e. The Bertz CT molecular complexity index is 749. The summed E-state index contributed by atoms with van der Waals surface area (Å²) in [6.07, 6.45) is 0.898. The van der Waals surface area contributed by atoms with E-state index >= 15 is 0 Å². The molecule has 1 aliphatic heterocycles. The van der Waals surface area contributed by atoms with Gasteiger partial charge in [0.1, 0.15) is 11.4 Å². The third-order valence-electron chi connectivity index (χ3n) is 3.78. The summed E-state index contributed by atoms with van der Waals surface area (Å²) < 4.78 is 5.25. The molecular weight excluding hydrogens is 282 g/mol. The number of hydrogen-bond donors (Lipinski definition) is 1. The summed E-state index contributed by atoms with van der Waals surface area (Å²) in [7, 11) is 1.63. The zero-order valence-electron chi connectivity index (χ0n) is 12.5. The molecule has 0 saturated heterocycles. The van der Waals surface area contributed by atoms with Crippen molar-refractivity contribution in [2.45, 2.75) is 13.3 Å². The summed E-state index contributed by atoms with van der Waals surface area (Å²) >= 11 is 0. The number of carbonyl (C=O) groups excluding carboxylic acids is 1. The summed E-state index contributed by atoms with van der Waals surface area (Å²) in [6.45, 7) is 2.72. The molecule has 0 radical (unpaired) electrons. The molecule has 1 atom stereocenters. The molecule has 2 heterocycles. The minimum Gasteiger partial charge on any atom is -0.497 e. The second-order valence-corrected chi connectivity index (χ2v) is 5.53. The quantitative estimate of drug-likeness (QED) is 0.914. The van der Waals surface area contributed by atoms with Crippen LogP contribution in [0.2, 0.25) is 0 Å². The monoisotopic (exact) mass is 299 g/mol. The van der Waals surface area contributed by atoms with E-state index in [1.54, 1.807) is 12.0 Å². The van der Waals surface area contributed by atoms with Gasteiger partial charge in [-0.15, -0.1) is 0 Å². The lowest BCUT2D eigenvalue weighted by atomic mass is 9.93. The first-order chi connectivity index (χ1) is 10.6. The summed E-state index contributed by atoms with van der Waals surface area (Å²) in [4.78, 5) is 25.5. The molecule has 2 aromatic rings. The standard InChI is InChI=1S/C16H17N3O3/c1-10-7-11-8-12(22-2)3-5-14(11)19(9-10)16(21)13-4-6-15(20)18-17-13/h3-6,8,10H,7,9H2,1-2H3,(H,18,20). The molecule has 0 saturated carbocycles. The minimum absolute atomic E-state index is 0.214. The highest BCUT2D eigenvalue weighted by atomic mass is 16.5. The van der Waals surface area contributed by atoms with Crippen molar-refractivity contribution in [2.24, 2.45) is 5.92 Å². The van der Waals surface area contributed by atoms with E-state index in [-0.39, 0.29) is 17.2 Å². The lowest BCUT2D eigenvalue weighted by Gasteiger charge is -2.33. The van der Waals surface area contributed by atoms with E-state index in [2.05, 4.69) is 17.1 Å². The molecule has 3 rings (SSSR count). The number of carbonyl (C=O) groups is 1. The van der Waals surface area contributed by atoms with Gasteiger partial charge in [-0.1, -0.05) is 6.92 Å². The van der Waals surface area contributed by atoms with Crippen LogP contribution in [0.25, 0.3) is 0 Å². The predicted octanol–water partition coefficient (Wildman–Crippen LogP) is 1.62. The van der Waals surface area contributed by atoms with E-state index in [1.165, 1.54) is 12.1 Å². The summed E-state index contributed by atoms with van der Waals surface area (Å²) in [5, 5.41) is 6.13. The van der Waals surface area contributed by atoms with Crippen LogP contribution in [0.4, 0.5) is 5.69 Å². The molecule has 0 fully saturated rings. The van der Waals surface area contributed by atoms with Crippen LogP contribution in [-0.2, 0) is 6.42 Å². The van der Waals surface area contributed by atoms with Gasteiger partial charge in [0.2, 0.25) is 0 Å². The molecule has 1 amide bonds.